The summed E-state index contributed by atoms with van der Waals surface area (Å²) in [5.41, 5.74) is 2.46. The zero-order chi connectivity index (χ0) is 15.1. The van der Waals surface area contributed by atoms with Crippen LogP contribution in [0.25, 0.3) is 11.6 Å². The minimum atomic E-state index is -1.14. The van der Waals surface area contributed by atoms with Crippen molar-refractivity contribution in [2.45, 2.75) is 45.3 Å². The van der Waals surface area contributed by atoms with Gasteiger partial charge in [0.15, 0.2) is 0 Å². The van der Waals surface area contributed by atoms with Crippen LogP contribution in [-0.4, -0.2) is 17.4 Å². The average molecular weight is 286 g/mol. The fourth-order valence-electron chi connectivity index (χ4n) is 2.33. The minimum Gasteiger partial charge on any atom is -0.428 e. The highest BCUT2D eigenvalue weighted by Crippen LogP contribution is 2.25. The molecule has 1 aliphatic rings. The van der Waals surface area contributed by atoms with Gasteiger partial charge in [-0.15, -0.1) is 0 Å². The van der Waals surface area contributed by atoms with Crippen LogP contribution in [0, 0.1) is 0 Å². The number of carbonyl (C=O) groups excluding carboxylic acids is 1. The van der Waals surface area contributed by atoms with Crippen molar-refractivity contribution in [3.05, 3.63) is 47.5 Å². The van der Waals surface area contributed by atoms with Crippen molar-refractivity contribution < 1.29 is 14.6 Å². The molecule has 1 aromatic rings. The first kappa shape index (κ1) is 15.5. The lowest BCUT2D eigenvalue weighted by Crippen LogP contribution is -2.09. The second-order valence-corrected chi connectivity index (χ2v) is 5.26. The third-order valence-electron chi connectivity index (χ3n) is 3.55. The van der Waals surface area contributed by atoms with E-state index in [9.17, 15) is 9.90 Å². The second-order valence-electron chi connectivity index (χ2n) is 5.26. The van der Waals surface area contributed by atoms with Crippen LogP contribution in [0.15, 0.2) is 36.4 Å². The van der Waals surface area contributed by atoms with Gasteiger partial charge in [0.2, 0.25) is 6.29 Å². The number of allylic oxidation sites excluding steroid dienone is 1. The molecule has 1 aliphatic heterocycles. The minimum absolute atomic E-state index is 0.492. The van der Waals surface area contributed by atoms with Gasteiger partial charge in [-0.3, -0.25) is 0 Å². The third-order valence-corrected chi connectivity index (χ3v) is 3.55. The Balaban J connectivity index is 1.89. The number of esters is 1. The maximum atomic E-state index is 11.1. The molecule has 1 unspecified atom stereocenters. The number of carbonyl (C=O) groups is 1. The molecule has 0 spiro atoms. The van der Waals surface area contributed by atoms with E-state index in [0.29, 0.717) is 5.57 Å². The van der Waals surface area contributed by atoms with Gasteiger partial charge in [-0.1, -0.05) is 62.6 Å². The molecule has 1 N–H and O–H groups in total. The molecule has 0 amide bonds. The van der Waals surface area contributed by atoms with Crippen molar-refractivity contribution >= 4 is 17.6 Å². The van der Waals surface area contributed by atoms with Crippen LogP contribution >= 0.6 is 0 Å². The maximum Gasteiger partial charge on any atom is 0.333 e. The van der Waals surface area contributed by atoms with Crippen molar-refractivity contribution in [2.75, 3.05) is 0 Å². The van der Waals surface area contributed by atoms with E-state index in [4.69, 9.17) is 0 Å². The Labute approximate surface area is 125 Å². The molecule has 3 heteroatoms. The SMILES string of the molecule is CCCCCCC=Cc1ccc(C2=CC(=O)OC2O)cc1. The first-order valence-corrected chi connectivity index (χ1v) is 7.58. The zero-order valence-corrected chi connectivity index (χ0v) is 12.4. The van der Waals surface area contributed by atoms with Crippen LogP contribution in [0.5, 0.6) is 0 Å². The fraction of sp³-hybridized carbons (Fsp3) is 0.389. The summed E-state index contributed by atoms with van der Waals surface area (Å²) in [7, 11) is 0. The monoisotopic (exact) mass is 286 g/mol. The average Bonchev–Trinajstić information content (AvgIpc) is 2.82. The van der Waals surface area contributed by atoms with E-state index in [1.165, 1.54) is 31.8 Å². The van der Waals surface area contributed by atoms with Crippen LogP contribution < -0.4 is 0 Å². The molecular weight excluding hydrogens is 264 g/mol. The highest BCUT2D eigenvalue weighted by molar-refractivity contribution is 5.96. The summed E-state index contributed by atoms with van der Waals surface area (Å²) >= 11 is 0. The zero-order valence-electron chi connectivity index (χ0n) is 12.4. The number of aliphatic hydroxyl groups is 1. The molecule has 3 nitrogen and oxygen atoms in total. The summed E-state index contributed by atoms with van der Waals surface area (Å²) in [4.78, 5) is 11.1. The van der Waals surface area contributed by atoms with Gasteiger partial charge in [-0.05, 0) is 24.0 Å². The van der Waals surface area contributed by atoms with Gasteiger partial charge in [0, 0.05) is 11.6 Å². The van der Waals surface area contributed by atoms with E-state index in [2.05, 4.69) is 23.8 Å². The quantitative estimate of drug-likeness (QED) is 0.610. The van der Waals surface area contributed by atoms with E-state index >= 15 is 0 Å². The summed E-state index contributed by atoms with van der Waals surface area (Å²) in [6, 6.07) is 7.75. The maximum absolute atomic E-state index is 11.1. The Bertz CT molecular complexity index is 526. The number of cyclic esters (lactones) is 1. The Morgan fingerprint density at radius 1 is 1.19 bits per heavy atom. The molecule has 0 saturated carbocycles. The molecule has 1 heterocycles. The van der Waals surface area contributed by atoms with Gasteiger partial charge in [0.1, 0.15) is 0 Å². The van der Waals surface area contributed by atoms with Gasteiger partial charge < -0.3 is 9.84 Å². The number of benzene rings is 1. The Morgan fingerprint density at radius 2 is 1.95 bits per heavy atom. The van der Waals surface area contributed by atoms with Crippen molar-refractivity contribution in [2.24, 2.45) is 0 Å². The van der Waals surface area contributed by atoms with E-state index in [-0.39, 0.29) is 0 Å². The first-order valence-electron chi connectivity index (χ1n) is 7.58. The topological polar surface area (TPSA) is 46.5 Å². The van der Waals surface area contributed by atoms with Crippen molar-refractivity contribution in [3.63, 3.8) is 0 Å². The van der Waals surface area contributed by atoms with Crippen LogP contribution in [0.4, 0.5) is 0 Å². The van der Waals surface area contributed by atoms with E-state index < -0.39 is 12.3 Å². The van der Waals surface area contributed by atoms with Gasteiger partial charge in [-0.25, -0.2) is 4.79 Å². The smallest absolute Gasteiger partial charge is 0.333 e. The molecule has 21 heavy (non-hydrogen) atoms. The lowest BCUT2D eigenvalue weighted by molar-refractivity contribution is -0.149. The molecule has 0 bridgehead atoms. The molecule has 1 atom stereocenters. The molecule has 112 valence electrons. The van der Waals surface area contributed by atoms with Crippen LogP contribution in [0.2, 0.25) is 0 Å². The predicted octanol–water partition coefficient (Wildman–Crippen LogP) is 3.93. The molecule has 0 fully saturated rings. The van der Waals surface area contributed by atoms with Crippen molar-refractivity contribution in [1.82, 2.24) is 0 Å². The predicted molar refractivity (Wildman–Crippen MR) is 84.3 cm³/mol. The normalized spacial score (nSPS) is 18.1. The summed E-state index contributed by atoms with van der Waals surface area (Å²) in [5.74, 6) is -0.492. The molecular formula is C18H22O3. The summed E-state index contributed by atoms with van der Waals surface area (Å²) < 4.78 is 4.68. The Morgan fingerprint density at radius 3 is 2.57 bits per heavy atom. The lowest BCUT2D eigenvalue weighted by atomic mass is 10.0. The van der Waals surface area contributed by atoms with E-state index in [1.54, 1.807) is 0 Å². The van der Waals surface area contributed by atoms with Crippen molar-refractivity contribution in [1.29, 1.82) is 0 Å². The standard InChI is InChI=1S/C18H22O3/c1-2-3-4-5-6-7-8-14-9-11-15(12-10-14)16-13-17(19)21-18(16)20/h7-13,18,20H,2-6H2,1H3. The Hall–Kier alpha value is -1.87. The van der Waals surface area contributed by atoms with E-state index in [0.717, 1.165) is 17.5 Å². The number of unbranched alkanes of at least 4 members (excludes halogenated alkanes) is 4. The van der Waals surface area contributed by atoms with Gasteiger partial charge >= 0.3 is 5.97 Å². The lowest BCUT2D eigenvalue weighted by Gasteiger charge is -2.07. The third kappa shape index (κ3) is 4.57. The molecule has 0 aromatic heterocycles. The number of hydrogen-bond donors (Lipinski definition) is 1. The summed E-state index contributed by atoms with van der Waals surface area (Å²) in [5, 5.41) is 9.60. The van der Waals surface area contributed by atoms with Gasteiger partial charge in [-0.2, -0.15) is 0 Å². The number of ether oxygens (including phenoxy) is 1. The van der Waals surface area contributed by atoms with Crippen LogP contribution in [0.3, 0.4) is 0 Å². The fourth-order valence-corrected chi connectivity index (χ4v) is 2.33. The molecule has 0 aliphatic carbocycles. The largest absolute Gasteiger partial charge is 0.428 e. The second kappa shape index (κ2) is 7.79. The van der Waals surface area contributed by atoms with Gasteiger partial charge in [0.25, 0.3) is 0 Å². The first-order chi connectivity index (χ1) is 10.2. The number of hydrogen-bond acceptors (Lipinski definition) is 3. The molecule has 0 saturated heterocycles. The van der Waals surface area contributed by atoms with E-state index in [1.807, 2.05) is 24.3 Å². The number of aliphatic hydroxyl groups excluding tert-OH is 1. The number of rotatable bonds is 7. The summed E-state index contributed by atoms with van der Waals surface area (Å²) in [6.45, 7) is 2.22. The highest BCUT2D eigenvalue weighted by Gasteiger charge is 2.24. The van der Waals surface area contributed by atoms with Crippen molar-refractivity contribution in [3.8, 4) is 0 Å². The van der Waals surface area contributed by atoms with Gasteiger partial charge in [0.05, 0.1) is 0 Å². The Kier molecular flexibility index (Phi) is 5.76. The molecule has 0 radical (unpaired) electrons. The summed E-state index contributed by atoms with van der Waals surface area (Å²) in [6.07, 6.45) is 10.7. The van der Waals surface area contributed by atoms with Crippen LogP contribution in [0.1, 0.15) is 50.2 Å². The highest BCUT2D eigenvalue weighted by atomic mass is 16.6. The molecule has 2 rings (SSSR count). The van der Waals surface area contributed by atoms with Crippen LogP contribution in [-0.2, 0) is 9.53 Å². The molecule has 1 aromatic carbocycles.